The van der Waals surface area contributed by atoms with E-state index in [1.165, 1.54) is 32.1 Å². The van der Waals surface area contributed by atoms with Gasteiger partial charge in [-0.2, -0.15) is 0 Å². The molecule has 1 saturated heterocycles. The van der Waals surface area contributed by atoms with Crippen LogP contribution in [0.3, 0.4) is 0 Å². The second-order valence-electron chi connectivity index (χ2n) is 4.56. The minimum Gasteiger partial charge on any atom is -0.359 e. The number of hydrogen-bond donors (Lipinski definition) is 1. The fourth-order valence-corrected chi connectivity index (χ4v) is 3.02. The molecular formula is C12H20N2S. The fraction of sp³-hybridized carbons (Fsp3) is 0.750. The van der Waals surface area contributed by atoms with Crippen molar-refractivity contribution in [3.8, 4) is 0 Å². The summed E-state index contributed by atoms with van der Waals surface area (Å²) in [6, 6.07) is 0.640. The zero-order chi connectivity index (χ0) is 10.7. The average Bonchev–Trinajstić information content (AvgIpc) is 2.40. The molecule has 1 saturated carbocycles. The summed E-state index contributed by atoms with van der Waals surface area (Å²) in [5.41, 5.74) is 0. The molecule has 0 radical (unpaired) electrons. The molecule has 0 aromatic rings. The van der Waals surface area contributed by atoms with Crippen LogP contribution in [0.1, 0.15) is 39.0 Å². The second-order valence-corrected chi connectivity index (χ2v) is 4.95. The van der Waals surface area contributed by atoms with Crippen LogP contribution in [0.4, 0.5) is 0 Å². The van der Waals surface area contributed by atoms with E-state index in [0.717, 1.165) is 17.6 Å². The molecule has 1 aliphatic heterocycles. The van der Waals surface area contributed by atoms with E-state index in [0.29, 0.717) is 6.04 Å². The van der Waals surface area contributed by atoms with Crippen molar-refractivity contribution in [2.45, 2.75) is 45.1 Å². The Morgan fingerprint density at radius 1 is 1.33 bits per heavy atom. The fourth-order valence-electron chi connectivity index (χ4n) is 2.71. The minimum absolute atomic E-state index is 0.640. The standard InChI is InChI=1S/C12H20N2S/c1-2-8-14-9-7-10-5-3-4-6-11(10)13-12(14)15/h2,8,10-11H,3-7,9H2,1H3,(H,13,15)/b8-2-. The lowest BCUT2D eigenvalue weighted by Crippen LogP contribution is -2.42. The van der Waals surface area contributed by atoms with Gasteiger partial charge in [0.15, 0.2) is 5.11 Å². The maximum absolute atomic E-state index is 5.41. The molecule has 2 nitrogen and oxygen atoms in total. The zero-order valence-corrected chi connectivity index (χ0v) is 10.2. The Labute approximate surface area is 97.7 Å². The van der Waals surface area contributed by atoms with Gasteiger partial charge in [0.05, 0.1) is 0 Å². The Morgan fingerprint density at radius 3 is 2.93 bits per heavy atom. The highest BCUT2D eigenvalue weighted by molar-refractivity contribution is 7.80. The molecule has 84 valence electrons. The second kappa shape index (κ2) is 4.97. The molecule has 0 aromatic heterocycles. The SMILES string of the molecule is C/C=C\N1CCC2CCCCC2NC1=S. The normalized spacial score (nSPS) is 32.3. The number of rotatable bonds is 1. The number of fused-ring (bicyclic) bond motifs is 1. The average molecular weight is 224 g/mol. The predicted molar refractivity (Wildman–Crippen MR) is 67.6 cm³/mol. The van der Waals surface area contributed by atoms with Crippen molar-refractivity contribution in [1.29, 1.82) is 0 Å². The molecule has 2 atom stereocenters. The van der Waals surface area contributed by atoms with Crippen LogP contribution >= 0.6 is 12.2 Å². The van der Waals surface area contributed by atoms with Gasteiger partial charge in [-0.15, -0.1) is 0 Å². The van der Waals surface area contributed by atoms with Gasteiger partial charge in [0.1, 0.15) is 0 Å². The first kappa shape index (κ1) is 10.9. The van der Waals surface area contributed by atoms with Crippen molar-refractivity contribution in [2.24, 2.45) is 5.92 Å². The number of hydrogen-bond acceptors (Lipinski definition) is 1. The smallest absolute Gasteiger partial charge is 0.173 e. The van der Waals surface area contributed by atoms with Gasteiger partial charge >= 0.3 is 0 Å². The summed E-state index contributed by atoms with van der Waals surface area (Å²) in [5.74, 6) is 0.840. The topological polar surface area (TPSA) is 15.3 Å². The monoisotopic (exact) mass is 224 g/mol. The van der Waals surface area contributed by atoms with Crippen molar-refractivity contribution in [3.63, 3.8) is 0 Å². The molecule has 0 aromatic carbocycles. The van der Waals surface area contributed by atoms with E-state index >= 15 is 0 Å². The van der Waals surface area contributed by atoms with Crippen molar-refractivity contribution >= 4 is 17.3 Å². The molecule has 0 spiro atoms. The molecule has 0 bridgehead atoms. The summed E-state index contributed by atoms with van der Waals surface area (Å²) in [5, 5.41) is 4.44. The maximum atomic E-state index is 5.41. The van der Waals surface area contributed by atoms with Crippen LogP contribution in [0.15, 0.2) is 12.3 Å². The van der Waals surface area contributed by atoms with Gasteiger partial charge in [0.2, 0.25) is 0 Å². The van der Waals surface area contributed by atoms with Gasteiger partial charge in [-0.05, 0) is 44.3 Å². The summed E-state index contributed by atoms with van der Waals surface area (Å²) >= 11 is 5.41. The van der Waals surface area contributed by atoms with Crippen LogP contribution in [0.25, 0.3) is 0 Å². The lowest BCUT2D eigenvalue weighted by atomic mass is 9.83. The molecular weight excluding hydrogens is 204 g/mol. The van der Waals surface area contributed by atoms with E-state index in [-0.39, 0.29) is 0 Å². The third-order valence-corrected chi connectivity index (χ3v) is 3.90. The molecule has 1 aliphatic carbocycles. The van der Waals surface area contributed by atoms with Crippen LogP contribution in [0.2, 0.25) is 0 Å². The van der Waals surface area contributed by atoms with Gasteiger partial charge < -0.3 is 10.2 Å². The Morgan fingerprint density at radius 2 is 2.13 bits per heavy atom. The molecule has 1 heterocycles. The predicted octanol–water partition coefficient (Wildman–Crippen LogP) is 2.66. The summed E-state index contributed by atoms with van der Waals surface area (Å²) in [4.78, 5) is 2.17. The highest BCUT2D eigenvalue weighted by Crippen LogP contribution is 2.29. The molecule has 2 fully saturated rings. The van der Waals surface area contributed by atoms with E-state index in [1.54, 1.807) is 0 Å². The molecule has 15 heavy (non-hydrogen) atoms. The summed E-state index contributed by atoms with van der Waals surface area (Å²) in [7, 11) is 0. The van der Waals surface area contributed by atoms with E-state index in [4.69, 9.17) is 12.2 Å². The van der Waals surface area contributed by atoms with Gasteiger partial charge in [-0.1, -0.05) is 18.9 Å². The highest BCUT2D eigenvalue weighted by atomic mass is 32.1. The number of thiocarbonyl (C=S) groups is 1. The van der Waals surface area contributed by atoms with Gasteiger partial charge in [-0.25, -0.2) is 0 Å². The lowest BCUT2D eigenvalue weighted by molar-refractivity contribution is 0.280. The Hall–Kier alpha value is -0.570. The molecule has 3 heteroatoms. The summed E-state index contributed by atoms with van der Waals surface area (Å²) < 4.78 is 0. The van der Waals surface area contributed by atoms with Crippen molar-refractivity contribution in [1.82, 2.24) is 10.2 Å². The van der Waals surface area contributed by atoms with Gasteiger partial charge in [-0.3, -0.25) is 0 Å². The third kappa shape index (κ3) is 2.51. The molecule has 2 unspecified atom stereocenters. The van der Waals surface area contributed by atoms with Crippen LogP contribution in [0.5, 0.6) is 0 Å². The van der Waals surface area contributed by atoms with Gasteiger partial charge in [0.25, 0.3) is 0 Å². The Bertz CT molecular complexity index is 262. The molecule has 0 amide bonds. The number of nitrogens with one attached hydrogen (secondary N) is 1. The first-order valence-corrected chi connectivity index (χ1v) is 6.42. The van der Waals surface area contributed by atoms with Gasteiger partial charge in [0, 0.05) is 18.8 Å². The summed E-state index contributed by atoms with van der Waals surface area (Å²) in [6.45, 7) is 3.12. The summed E-state index contributed by atoms with van der Waals surface area (Å²) in [6.07, 6.45) is 10.9. The first-order valence-electron chi connectivity index (χ1n) is 6.01. The largest absolute Gasteiger partial charge is 0.359 e. The van der Waals surface area contributed by atoms with E-state index in [1.807, 2.05) is 6.92 Å². The minimum atomic E-state index is 0.640. The highest BCUT2D eigenvalue weighted by Gasteiger charge is 2.29. The van der Waals surface area contributed by atoms with Crippen LogP contribution in [-0.4, -0.2) is 22.6 Å². The zero-order valence-electron chi connectivity index (χ0n) is 9.41. The lowest BCUT2D eigenvalue weighted by Gasteiger charge is -2.30. The van der Waals surface area contributed by atoms with Crippen LogP contribution in [-0.2, 0) is 0 Å². The van der Waals surface area contributed by atoms with Crippen LogP contribution < -0.4 is 5.32 Å². The quantitative estimate of drug-likeness (QED) is 0.689. The van der Waals surface area contributed by atoms with Crippen molar-refractivity contribution in [3.05, 3.63) is 12.3 Å². The Kier molecular flexibility index (Phi) is 3.62. The maximum Gasteiger partial charge on any atom is 0.173 e. The molecule has 2 rings (SSSR count). The number of nitrogens with zero attached hydrogens (tertiary/aromatic N) is 1. The third-order valence-electron chi connectivity index (χ3n) is 3.55. The van der Waals surface area contributed by atoms with E-state index < -0.39 is 0 Å². The Balaban J connectivity index is 2.04. The first-order chi connectivity index (χ1) is 7.31. The van der Waals surface area contributed by atoms with E-state index in [9.17, 15) is 0 Å². The number of allylic oxidation sites excluding steroid dienone is 1. The van der Waals surface area contributed by atoms with Crippen LogP contribution in [0, 0.1) is 5.92 Å². The molecule has 2 aliphatic rings. The molecule has 1 N–H and O–H groups in total. The van der Waals surface area contributed by atoms with Crippen molar-refractivity contribution in [2.75, 3.05) is 6.54 Å². The van der Waals surface area contributed by atoms with E-state index in [2.05, 4.69) is 22.5 Å². The van der Waals surface area contributed by atoms with Crippen molar-refractivity contribution < 1.29 is 0 Å².